The molecular formula is C11H13BrN4O2S2. The largest absolute Gasteiger partial charge is 0.339 e. The number of thioether (sulfide) groups is 1. The number of thiophene rings is 1. The standard InChI is InChI=1S/C11H13BrN4O2S2/c1-5(13)8(7-3-6(12)4-19-7)20-11-14-9(17)10(18)15-16(11)2/h3-5,8H,13H2,1-2H3,(H,15,18). The van der Waals surface area contributed by atoms with Gasteiger partial charge in [0.25, 0.3) is 0 Å². The Kier molecular flexibility index (Phi) is 4.84. The predicted octanol–water partition coefficient (Wildman–Crippen LogP) is 1.47. The van der Waals surface area contributed by atoms with Crippen LogP contribution < -0.4 is 16.9 Å². The van der Waals surface area contributed by atoms with Crippen LogP contribution in [-0.2, 0) is 7.05 Å². The Hall–Kier alpha value is -0.900. The zero-order chi connectivity index (χ0) is 14.9. The lowest BCUT2D eigenvalue weighted by Gasteiger charge is -2.19. The molecule has 0 aliphatic heterocycles. The minimum Gasteiger partial charge on any atom is -0.327 e. The van der Waals surface area contributed by atoms with E-state index in [0.717, 1.165) is 9.35 Å². The Labute approximate surface area is 131 Å². The van der Waals surface area contributed by atoms with Crippen LogP contribution in [0.5, 0.6) is 0 Å². The highest BCUT2D eigenvalue weighted by atomic mass is 79.9. The van der Waals surface area contributed by atoms with E-state index in [1.54, 1.807) is 18.4 Å². The molecule has 2 heterocycles. The average molecular weight is 377 g/mol. The van der Waals surface area contributed by atoms with Crippen molar-refractivity contribution in [2.24, 2.45) is 12.8 Å². The first kappa shape index (κ1) is 15.5. The van der Waals surface area contributed by atoms with Crippen molar-refractivity contribution in [3.8, 4) is 0 Å². The summed E-state index contributed by atoms with van der Waals surface area (Å²) in [6, 6.07) is 1.87. The Morgan fingerprint density at radius 3 is 2.80 bits per heavy atom. The first-order valence-electron chi connectivity index (χ1n) is 5.72. The molecule has 0 aliphatic carbocycles. The third-order valence-corrected chi connectivity index (χ3v) is 5.96. The third-order valence-electron chi connectivity index (χ3n) is 2.53. The molecule has 0 bridgehead atoms. The summed E-state index contributed by atoms with van der Waals surface area (Å²) in [4.78, 5) is 27.4. The van der Waals surface area contributed by atoms with Gasteiger partial charge in [0.15, 0.2) is 5.16 Å². The first-order chi connectivity index (χ1) is 9.38. The van der Waals surface area contributed by atoms with Gasteiger partial charge in [-0.1, -0.05) is 11.8 Å². The van der Waals surface area contributed by atoms with Gasteiger partial charge >= 0.3 is 11.1 Å². The molecule has 0 radical (unpaired) electrons. The topological polar surface area (TPSA) is 93.8 Å². The van der Waals surface area contributed by atoms with Gasteiger partial charge in [-0.15, -0.1) is 11.3 Å². The highest BCUT2D eigenvalue weighted by Crippen LogP contribution is 2.39. The lowest BCUT2D eigenvalue weighted by Crippen LogP contribution is -2.34. The second kappa shape index (κ2) is 6.25. The Morgan fingerprint density at radius 1 is 1.55 bits per heavy atom. The molecule has 0 amide bonds. The molecule has 2 atom stereocenters. The van der Waals surface area contributed by atoms with E-state index < -0.39 is 11.1 Å². The molecule has 108 valence electrons. The van der Waals surface area contributed by atoms with Crippen molar-refractivity contribution < 1.29 is 0 Å². The molecule has 0 aromatic carbocycles. The van der Waals surface area contributed by atoms with Crippen LogP contribution in [0.3, 0.4) is 0 Å². The van der Waals surface area contributed by atoms with Gasteiger partial charge in [-0.05, 0) is 28.9 Å². The lowest BCUT2D eigenvalue weighted by molar-refractivity contribution is 0.592. The normalized spacial score (nSPS) is 14.2. The number of hydrogen-bond donors (Lipinski definition) is 2. The monoisotopic (exact) mass is 376 g/mol. The summed E-state index contributed by atoms with van der Waals surface area (Å²) in [7, 11) is 1.64. The Balaban J connectivity index is 2.36. The molecule has 9 heteroatoms. The smallest absolute Gasteiger partial charge is 0.327 e. The molecule has 0 spiro atoms. The fourth-order valence-corrected chi connectivity index (χ4v) is 4.40. The van der Waals surface area contributed by atoms with Crippen LogP contribution >= 0.6 is 39.0 Å². The number of hydrogen-bond acceptors (Lipinski definition) is 6. The van der Waals surface area contributed by atoms with E-state index in [9.17, 15) is 9.59 Å². The Bertz CT molecular complexity index is 722. The van der Waals surface area contributed by atoms with Crippen molar-refractivity contribution in [2.75, 3.05) is 0 Å². The molecule has 6 nitrogen and oxygen atoms in total. The van der Waals surface area contributed by atoms with Crippen LogP contribution in [0, 0.1) is 0 Å². The van der Waals surface area contributed by atoms with E-state index in [2.05, 4.69) is 26.0 Å². The van der Waals surface area contributed by atoms with Gasteiger partial charge in [-0.3, -0.25) is 19.4 Å². The third kappa shape index (κ3) is 3.40. The van der Waals surface area contributed by atoms with Gasteiger partial charge in [0.1, 0.15) is 0 Å². The van der Waals surface area contributed by atoms with Crippen molar-refractivity contribution in [2.45, 2.75) is 23.4 Å². The van der Waals surface area contributed by atoms with Gasteiger partial charge in [-0.2, -0.15) is 4.98 Å². The highest BCUT2D eigenvalue weighted by molar-refractivity contribution is 9.10. The summed E-state index contributed by atoms with van der Waals surface area (Å²) in [5, 5.41) is 4.79. The van der Waals surface area contributed by atoms with Crippen LogP contribution in [-0.4, -0.2) is 20.8 Å². The molecule has 20 heavy (non-hydrogen) atoms. The van der Waals surface area contributed by atoms with Gasteiger partial charge in [-0.25, -0.2) is 0 Å². The second-order valence-electron chi connectivity index (χ2n) is 4.26. The summed E-state index contributed by atoms with van der Waals surface area (Å²) in [5.41, 5.74) is 4.51. The molecule has 0 fully saturated rings. The summed E-state index contributed by atoms with van der Waals surface area (Å²) < 4.78 is 2.43. The van der Waals surface area contributed by atoms with Gasteiger partial charge < -0.3 is 5.73 Å². The van der Waals surface area contributed by atoms with Crippen LogP contribution in [0.4, 0.5) is 0 Å². The fourth-order valence-electron chi connectivity index (χ4n) is 1.58. The molecule has 2 aromatic rings. The first-order valence-corrected chi connectivity index (χ1v) is 8.27. The number of aromatic nitrogens is 3. The molecule has 0 saturated carbocycles. The SMILES string of the molecule is CC(N)C(Sc1nc(=O)c(=O)[nH]n1C)c1cc(Br)cs1. The average Bonchev–Trinajstić information content (AvgIpc) is 2.78. The lowest BCUT2D eigenvalue weighted by atomic mass is 10.2. The van der Waals surface area contributed by atoms with Gasteiger partial charge in [0.05, 0.1) is 5.25 Å². The molecule has 2 rings (SSSR count). The fraction of sp³-hybridized carbons (Fsp3) is 0.364. The summed E-state index contributed by atoms with van der Waals surface area (Å²) >= 11 is 6.36. The molecule has 0 saturated heterocycles. The van der Waals surface area contributed by atoms with Crippen LogP contribution in [0.25, 0.3) is 0 Å². The van der Waals surface area contributed by atoms with E-state index in [0.29, 0.717) is 5.16 Å². The molecule has 3 N–H and O–H groups in total. The summed E-state index contributed by atoms with van der Waals surface area (Å²) in [5.74, 6) is 0. The number of nitrogens with two attached hydrogens (primary N) is 1. The van der Waals surface area contributed by atoms with Crippen molar-refractivity contribution in [3.63, 3.8) is 0 Å². The van der Waals surface area contributed by atoms with Crippen molar-refractivity contribution in [1.82, 2.24) is 14.8 Å². The van der Waals surface area contributed by atoms with E-state index in [-0.39, 0.29) is 11.3 Å². The molecule has 2 unspecified atom stereocenters. The van der Waals surface area contributed by atoms with E-state index in [1.807, 2.05) is 18.4 Å². The number of aromatic amines is 1. The maximum atomic E-state index is 11.4. The summed E-state index contributed by atoms with van der Waals surface area (Å²) in [6.07, 6.45) is 0. The number of nitrogens with one attached hydrogen (secondary N) is 1. The molecule has 2 aromatic heterocycles. The van der Waals surface area contributed by atoms with E-state index >= 15 is 0 Å². The maximum absolute atomic E-state index is 11.4. The molecular weight excluding hydrogens is 364 g/mol. The van der Waals surface area contributed by atoms with Gasteiger partial charge in [0, 0.05) is 27.8 Å². The highest BCUT2D eigenvalue weighted by Gasteiger charge is 2.22. The minimum absolute atomic E-state index is 0.0460. The number of rotatable bonds is 4. The Morgan fingerprint density at radius 2 is 2.25 bits per heavy atom. The summed E-state index contributed by atoms with van der Waals surface area (Å²) in [6.45, 7) is 1.90. The molecule has 0 aliphatic rings. The minimum atomic E-state index is -0.790. The quantitative estimate of drug-likeness (QED) is 0.622. The maximum Gasteiger partial charge on any atom is 0.339 e. The van der Waals surface area contributed by atoms with Crippen molar-refractivity contribution >= 4 is 39.0 Å². The number of aryl methyl sites for hydroxylation is 1. The number of halogens is 1. The van der Waals surface area contributed by atoms with Crippen molar-refractivity contribution in [3.05, 3.63) is 41.5 Å². The van der Waals surface area contributed by atoms with Crippen LogP contribution in [0.2, 0.25) is 0 Å². The van der Waals surface area contributed by atoms with Gasteiger partial charge in [0.2, 0.25) is 0 Å². The predicted molar refractivity (Wildman–Crippen MR) is 84.4 cm³/mol. The second-order valence-corrected chi connectivity index (χ2v) is 7.23. The zero-order valence-corrected chi connectivity index (χ0v) is 14.0. The van der Waals surface area contributed by atoms with Crippen LogP contribution in [0.1, 0.15) is 17.1 Å². The van der Waals surface area contributed by atoms with E-state index in [4.69, 9.17) is 5.73 Å². The number of H-pyrrole nitrogens is 1. The van der Waals surface area contributed by atoms with Crippen molar-refractivity contribution in [1.29, 1.82) is 0 Å². The number of nitrogens with zero attached hydrogens (tertiary/aromatic N) is 2. The van der Waals surface area contributed by atoms with Crippen LogP contribution in [0.15, 0.2) is 30.7 Å². The van der Waals surface area contributed by atoms with E-state index in [1.165, 1.54) is 16.4 Å². The zero-order valence-electron chi connectivity index (χ0n) is 10.8.